The smallest absolute Gasteiger partial charge is 0.307 e. The van der Waals surface area contributed by atoms with Crippen molar-refractivity contribution in [1.29, 1.82) is 0 Å². The molecule has 10 heteroatoms. The van der Waals surface area contributed by atoms with Gasteiger partial charge in [0.2, 0.25) is 5.91 Å². The van der Waals surface area contributed by atoms with Crippen LogP contribution < -0.4 is 5.32 Å². The highest BCUT2D eigenvalue weighted by Crippen LogP contribution is 2.13. The molecule has 3 aromatic heterocycles. The molecule has 3 rings (SSSR count). The van der Waals surface area contributed by atoms with Gasteiger partial charge in [-0.15, -0.1) is 0 Å². The molecule has 0 radical (unpaired) electrons. The predicted molar refractivity (Wildman–Crippen MR) is 88.3 cm³/mol. The van der Waals surface area contributed by atoms with Crippen molar-refractivity contribution in [2.75, 3.05) is 5.32 Å². The third-order valence-electron chi connectivity index (χ3n) is 3.39. The van der Waals surface area contributed by atoms with Crippen molar-refractivity contribution >= 4 is 17.3 Å². The van der Waals surface area contributed by atoms with E-state index < -0.39 is 4.92 Å². The molecular weight excluding hydrogens is 326 g/mol. The van der Waals surface area contributed by atoms with Crippen LogP contribution in [0, 0.1) is 24.0 Å². The van der Waals surface area contributed by atoms with Gasteiger partial charge in [0.05, 0.1) is 22.5 Å². The lowest BCUT2D eigenvalue weighted by Crippen LogP contribution is -2.19. The van der Waals surface area contributed by atoms with Crippen LogP contribution in [0.4, 0.5) is 11.4 Å². The molecule has 0 aliphatic carbocycles. The molecule has 1 N–H and O–H groups in total. The highest BCUT2D eigenvalue weighted by Gasteiger charge is 2.12. The summed E-state index contributed by atoms with van der Waals surface area (Å²) in [5.74, 6) is 0.282. The summed E-state index contributed by atoms with van der Waals surface area (Å²) in [6, 6.07) is 5.40. The molecule has 0 bridgehead atoms. The number of carbonyl (C=O) groups excluding carboxylic acids is 1. The maximum Gasteiger partial charge on any atom is 0.307 e. The molecule has 3 aromatic rings. The lowest BCUT2D eigenvalue weighted by molar-refractivity contribution is -0.385. The summed E-state index contributed by atoms with van der Waals surface area (Å²) < 4.78 is 2.91. The summed E-state index contributed by atoms with van der Waals surface area (Å²) in [6.45, 7) is 3.70. The van der Waals surface area contributed by atoms with Gasteiger partial charge in [-0.05, 0) is 32.0 Å². The Bertz CT molecular complexity index is 927. The molecule has 10 nitrogen and oxygen atoms in total. The Balaban J connectivity index is 1.65. The minimum absolute atomic E-state index is 0.132. The van der Waals surface area contributed by atoms with Gasteiger partial charge in [-0.3, -0.25) is 19.6 Å². The van der Waals surface area contributed by atoms with Gasteiger partial charge in [-0.25, -0.2) is 9.67 Å². The van der Waals surface area contributed by atoms with Gasteiger partial charge < -0.3 is 5.32 Å². The Hall–Kier alpha value is -3.56. The molecule has 128 valence electrons. The van der Waals surface area contributed by atoms with E-state index in [9.17, 15) is 14.9 Å². The van der Waals surface area contributed by atoms with Crippen LogP contribution in [-0.4, -0.2) is 35.4 Å². The number of pyridine rings is 1. The van der Waals surface area contributed by atoms with Gasteiger partial charge in [0.15, 0.2) is 5.82 Å². The van der Waals surface area contributed by atoms with Crippen LogP contribution in [0.3, 0.4) is 0 Å². The van der Waals surface area contributed by atoms with Gasteiger partial charge in [0, 0.05) is 5.69 Å². The average molecular weight is 341 g/mol. The topological polar surface area (TPSA) is 121 Å². The molecule has 0 unspecified atom stereocenters. The highest BCUT2D eigenvalue weighted by molar-refractivity contribution is 5.90. The Kier molecular flexibility index (Phi) is 4.25. The molecule has 25 heavy (non-hydrogen) atoms. The summed E-state index contributed by atoms with van der Waals surface area (Å²) in [7, 11) is 0. The predicted octanol–water partition coefficient (Wildman–Crippen LogP) is 1.63. The Morgan fingerprint density at radius 1 is 1.32 bits per heavy atom. The van der Waals surface area contributed by atoms with E-state index in [0.717, 1.165) is 17.6 Å². The fourth-order valence-corrected chi connectivity index (χ4v) is 2.33. The van der Waals surface area contributed by atoms with Crippen LogP contribution in [0.25, 0.3) is 5.82 Å². The number of hydrogen-bond donors (Lipinski definition) is 1. The molecule has 0 aliphatic rings. The molecule has 0 aromatic carbocycles. The molecule has 1 amide bonds. The fourth-order valence-electron chi connectivity index (χ4n) is 2.33. The van der Waals surface area contributed by atoms with Gasteiger partial charge in [-0.2, -0.15) is 10.2 Å². The number of hydrogen-bond acceptors (Lipinski definition) is 6. The number of nitrogens with zero attached hydrogens (tertiary/aromatic N) is 6. The first-order valence-electron chi connectivity index (χ1n) is 7.39. The monoisotopic (exact) mass is 341 g/mol. The number of rotatable bonds is 5. The summed E-state index contributed by atoms with van der Waals surface area (Å²) >= 11 is 0. The lowest BCUT2D eigenvalue weighted by Gasteiger charge is -2.07. The first kappa shape index (κ1) is 16.3. The molecular formula is C15H15N7O3. The number of aryl methyl sites for hydroxylation is 2. The van der Waals surface area contributed by atoms with Crippen molar-refractivity contribution in [3.63, 3.8) is 0 Å². The number of nitro groups is 1. The molecule has 0 saturated heterocycles. The zero-order valence-corrected chi connectivity index (χ0v) is 13.6. The van der Waals surface area contributed by atoms with Crippen LogP contribution in [0.2, 0.25) is 0 Å². The average Bonchev–Trinajstić information content (AvgIpc) is 3.14. The highest BCUT2D eigenvalue weighted by atomic mass is 16.6. The van der Waals surface area contributed by atoms with E-state index >= 15 is 0 Å². The zero-order valence-electron chi connectivity index (χ0n) is 13.6. The van der Waals surface area contributed by atoms with Crippen LogP contribution in [0.1, 0.15) is 11.4 Å². The summed E-state index contributed by atoms with van der Waals surface area (Å²) in [5.41, 5.74) is 2.20. The molecule has 0 atom stereocenters. The largest absolute Gasteiger partial charge is 0.323 e. The minimum atomic E-state index is -0.566. The number of aromatic nitrogens is 5. The maximum absolute atomic E-state index is 12.0. The molecule has 0 spiro atoms. The fraction of sp³-hybridized carbons (Fsp3) is 0.200. The number of anilines is 1. The number of carbonyl (C=O) groups is 1. The van der Waals surface area contributed by atoms with E-state index in [0.29, 0.717) is 11.5 Å². The summed E-state index contributed by atoms with van der Waals surface area (Å²) in [6.07, 6.45) is 3.82. The van der Waals surface area contributed by atoms with Crippen LogP contribution in [-0.2, 0) is 11.3 Å². The third-order valence-corrected chi connectivity index (χ3v) is 3.39. The Morgan fingerprint density at radius 2 is 2.12 bits per heavy atom. The van der Waals surface area contributed by atoms with E-state index in [1.165, 1.54) is 17.1 Å². The van der Waals surface area contributed by atoms with Gasteiger partial charge >= 0.3 is 5.69 Å². The van der Waals surface area contributed by atoms with Crippen molar-refractivity contribution in [1.82, 2.24) is 24.5 Å². The molecule has 0 fully saturated rings. The molecule has 0 saturated carbocycles. The first-order valence-corrected chi connectivity index (χ1v) is 7.39. The van der Waals surface area contributed by atoms with E-state index in [4.69, 9.17) is 0 Å². The lowest BCUT2D eigenvalue weighted by atomic mass is 10.3. The van der Waals surface area contributed by atoms with E-state index in [1.807, 2.05) is 19.9 Å². The van der Waals surface area contributed by atoms with Crippen LogP contribution in [0.15, 0.2) is 36.8 Å². The second kappa shape index (κ2) is 6.51. The molecule has 0 aliphatic heterocycles. The zero-order chi connectivity index (χ0) is 18.0. The second-order valence-corrected chi connectivity index (χ2v) is 5.45. The van der Waals surface area contributed by atoms with Crippen molar-refractivity contribution in [3.8, 4) is 5.82 Å². The molecule has 3 heterocycles. The van der Waals surface area contributed by atoms with Gasteiger partial charge in [0.25, 0.3) is 0 Å². The minimum Gasteiger partial charge on any atom is -0.323 e. The van der Waals surface area contributed by atoms with E-state index in [1.54, 1.807) is 16.8 Å². The maximum atomic E-state index is 12.0. The summed E-state index contributed by atoms with van der Waals surface area (Å²) in [4.78, 5) is 26.3. The van der Waals surface area contributed by atoms with Crippen LogP contribution in [0.5, 0.6) is 0 Å². The first-order chi connectivity index (χ1) is 11.9. The normalized spacial score (nSPS) is 10.6. The quantitative estimate of drug-likeness (QED) is 0.556. The SMILES string of the molecule is Cc1cc(C)n(-c2ccc(NC(=O)Cn3cc([N+](=O)[O-])cn3)cn2)n1. The standard InChI is InChI=1S/C15H15N7O3/c1-10-5-11(2)21(19-10)14-4-3-12(6-16-14)18-15(23)9-20-8-13(7-17-20)22(24)25/h3-8H,9H2,1-2H3,(H,18,23). The third kappa shape index (κ3) is 3.68. The second-order valence-electron chi connectivity index (χ2n) is 5.45. The van der Waals surface area contributed by atoms with Crippen molar-refractivity contribution in [3.05, 3.63) is 58.3 Å². The van der Waals surface area contributed by atoms with Gasteiger partial charge in [-0.1, -0.05) is 0 Å². The number of amides is 1. The Labute approximate surface area is 142 Å². The van der Waals surface area contributed by atoms with Crippen LogP contribution >= 0.6 is 0 Å². The summed E-state index contributed by atoms with van der Waals surface area (Å²) in [5, 5.41) is 21.4. The van der Waals surface area contributed by atoms with Crippen molar-refractivity contribution < 1.29 is 9.72 Å². The Morgan fingerprint density at radius 3 is 2.68 bits per heavy atom. The van der Waals surface area contributed by atoms with Crippen molar-refractivity contribution in [2.24, 2.45) is 0 Å². The van der Waals surface area contributed by atoms with Crippen molar-refractivity contribution in [2.45, 2.75) is 20.4 Å². The van der Waals surface area contributed by atoms with E-state index in [2.05, 4.69) is 20.5 Å². The number of nitrogens with one attached hydrogen (secondary N) is 1. The van der Waals surface area contributed by atoms with Gasteiger partial charge in [0.1, 0.15) is 18.9 Å². The van der Waals surface area contributed by atoms with E-state index in [-0.39, 0.29) is 18.1 Å².